The van der Waals surface area contributed by atoms with Gasteiger partial charge in [-0.15, -0.1) is 11.3 Å². The van der Waals surface area contributed by atoms with Gasteiger partial charge in [0.25, 0.3) is 6.43 Å². The van der Waals surface area contributed by atoms with Crippen molar-refractivity contribution in [3.05, 3.63) is 15.8 Å². The normalized spacial score (nSPS) is 15.7. The average molecular weight is 405 g/mol. The first-order chi connectivity index (χ1) is 12.6. The maximum Gasteiger partial charge on any atom is 0.410 e. The molecule has 0 bridgehead atoms. The first-order valence-corrected chi connectivity index (χ1v) is 9.53. The lowest BCUT2D eigenvalue weighted by atomic mass is 9.98. The van der Waals surface area contributed by atoms with Gasteiger partial charge in [0.05, 0.1) is 18.6 Å². The minimum absolute atomic E-state index is 0.0407. The molecule has 1 amide bonds. The quantitative estimate of drug-likeness (QED) is 0.675. The van der Waals surface area contributed by atoms with E-state index < -0.39 is 18.0 Å². The fourth-order valence-electron chi connectivity index (χ4n) is 2.66. The van der Waals surface area contributed by atoms with Crippen LogP contribution in [0.25, 0.3) is 0 Å². The van der Waals surface area contributed by atoms with Gasteiger partial charge in [-0.1, -0.05) is 0 Å². The van der Waals surface area contributed by atoms with Gasteiger partial charge < -0.3 is 19.1 Å². The summed E-state index contributed by atoms with van der Waals surface area (Å²) in [6.45, 7) is 6.82. The zero-order valence-electron chi connectivity index (χ0n) is 15.9. The zero-order valence-corrected chi connectivity index (χ0v) is 16.7. The summed E-state index contributed by atoms with van der Waals surface area (Å²) >= 11 is 0.677. The number of esters is 1. The second-order valence-corrected chi connectivity index (χ2v) is 8.44. The number of alkyl halides is 2. The number of nitrogens with zero attached hydrogens (tertiary/aromatic N) is 1. The molecule has 0 spiro atoms. The summed E-state index contributed by atoms with van der Waals surface area (Å²) < 4.78 is 41.5. The Balaban J connectivity index is 1.90. The minimum Gasteiger partial charge on any atom is -0.491 e. The molecule has 1 saturated heterocycles. The largest absolute Gasteiger partial charge is 0.491 e. The van der Waals surface area contributed by atoms with Gasteiger partial charge >= 0.3 is 12.1 Å². The van der Waals surface area contributed by atoms with Gasteiger partial charge in [0, 0.05) is 19.2 Å². The van der Waals surface area contributed by atoms with E-state index in [9.17, 15) is 18.4 Å². The molecule has 9 heteroatoms. The number of methoxy groups -OCH3 is 1. The predicted octanol–water partition coefficient (Wildman–Crippen LogP) is 4.50. The van der Waals surface area contributed by atoms with Crippen LogP contribution in [0.15, 0.2) is 6.07 Å². The first-order valence-electron chi connectivity index (χ1n) is 8.71. The molecule has 0 aromatic carbocycles. The van der Waals surface area contributed by atoms with E-state index in [2.05, 4.69) is 4.74 Å². The summed E-state index contributed by atoms with van der Waals surface area (Å²) in [5, 5.41) is 0. The van der Waals surface area contributed by atoms with Gasteiger partial charge in [0.2, 0.25) is 0 Å². The van der Waals surface area contributed by atoms with Gasteiger partial charge in [-0.2, -0.15) is 0 Å². The number of ether oxygens (including phenoxy) is 3. The van der Waals surface area contributed by atoms with E-state index in [-0.39, 0.29) is 34.1 Å². The van der Waals surface area contributed by atoms with Crippen molar-refractivity contribution in [3.8, 4) is 5.75 Å². The predicted molar refractivity (Wildman–Crippen MR) is 96.6 cm³/mol. The molecule has 152 valence electrons. The smallest absolute Gasteiger partial charge is 0.410 e. The number of amides is 1. The lowest BCUT2D eigenvalue weighted by molar-refractivity contribution is 0.0164. The number of hydrogen-bond donors (Lipinski definition) is 0. The maximum atomic E-state index is 12.9. The highest BCUT2D eigenvalue weighted by atomic mass is 32.1. The highest BCUT2D eigenvalue weighted by Gasteiger charge is 2.28. The van der Waals surface area contributed by atoms with Gasteiger partial charge in [-0.3, -0.25) is 0 Å². The molecule has 1 aliphatic heterocycles. The summed E-state index contributed by atoms with van der Waals surface area (Å²) in [6, 6.07) is 1.19. The Morgan fingerprint density at radius 1 is 1.30 bits per heavy atom. The fourth-order valence-corrected chi connectivity index (χ4v) is 3.53. The van der Waals surface area contributed by atoms with E-state index in [0.29, 0.717) is 37.3 Å². The average Bonchev–Trinajstić information content (AvgIpc) is 3.03. The third-order valence-electron chi connectivity index (χ3n) is 4.04. The second kappa shape index (κ2) is 8.86. The summed E-state index contributed by atoms with van der Waals surface area (Å²) in [4.78, 5) is 25.3. The van der Waals surface area contributed by atoms with E-state index in [4.69, 9.17) is 9.47 Å². The van der Waals surface area contributed by atoms with Crippen molar-refractivity contribution in [1.82, 2.24) is 4.90 Å². The molecule has 0 N–H and O–H groups in total. The second-order valence-electron chi connectivity index (χ2n) is 7.36. The van der Waals surface area contributed by atoms with Crippen LogP contribution in [0.1, 0.15) is 54.6 Å². The number of halogens is 2. The molecule has 0 atom stereocenters. The zero-order chi connectivity index (χ0) is 20.2. The Bertz CT molecular complexity index is 663. The molecule has 1 aromatic rings. The van der Waals surface area contributed by atoms with Crippen molar-refractivity contribution >= 4 is 23.4 Å². The molecular weight excluding hydrogens is 380 g/mol. The lowest BCUT2D eigenvalue weighted by Crippen LogP contribution is -2.42. The maximum absolute atomic E-state index is 12.9. The molecule has 1 aliphatic rings. The van der Waals surface area contributed by atoms with Crippen LogP contribution in [-0.2, 0) is 9.47 Å². The van der Waals surface area contributed by atoms with Gasteiger partial charge in [0.1, 0.15) is 11.4 Å². The number of hydrogen-bond acceptors (Lipinski definition) is 6. The molecule has 6 nitrogen and oxygen atoms in total. The van der Waals surface area contributed by atoms with Crippen LogP contribution in [-0.4, -0.2) is 49.4 Å². The molecule has 0 unspecified atom stereocenters. The monoisotopic (exact) mass is 405 g/mol. The van der Waals surface area contributed by atoms with Crippen molar-refractivity contribution < 1.29 is 32.6 Å². The van der Waals surface area contributed by atoms with Gasteiger partial charge in [0.15, 0.2) is 4.88 Å². The standard InChI is InChI=1S/C18H25F2NO5S/c1-18(2,3)26-17(23)21-7-5-11(6-8-21)10-25-12-9-13(15(19)20)27-14(12)16(22)24-4/h9,11,15H,5-8,10H2,1-4H3. The Morgan fingerprint density at radius 3 is 2.44 bits per heavy atom. The molecule has 0 aliphatic carbocycles. The van der Waals surface area contributed by atoms with Gasteiger partial charge in [-0.25, -0.2) is 18.4 Å². The van der Waals surface area contributed by atoms with Crippen LogP contribution in [0.4, 0.5) is 13.6 Å². The van der Waals surface area contributed by atoms with E-state index >= 15 is 0 Å². The van der Waals surface area contributed by atoms with Crippen LogP contribution in [0, 0.1) is 5.92 Å². The Morgan fingerprint density at radius 2 is 1.93 bits per heavy atom. The number of likely N-dealkylation sites (tertiary alicyclic amines) is 1. The van der Waals surface area contributed by atoms with Crippen molar-refractivity contribution in [2.24, 2.45) is 5.92 Å². The number of rotatable bonds is 5. The van der Waals surface area contributed by atoms with Crippen molar-refractivity contribution in [2.45, 2.75) is 45.6 Å². The summed E-state index contributed by atoms with van der Waals surface area (Å²) in [5.41, 5.74) is -0.539. The molecule has 27 heavy (non-hydrogen) atoms. The molecule has 1 aromatic heterocycles. The number of piperidine rings is 1. The van der Waals surface area contributed by atoms with E-state index in [0.717, 1.165) is 0 Å². The van der Waals surface area contributed by atoms with Crippen LogP contribution >= 0.6 is 11.3 Å². The molecule has 2 rings (SSSR count). The summed E-state index contributed by atoms with van der Waals surface area (Å²) in [5.74, 6) is -0.414. The summed E-state index contributed by atoms with van der Waals surface area (Å²) in [6.07, 6.45) is -1.60. The van der Waals surface area contributed by atoms with Crippen LogP contribution in [0.2, 0.25) is 0 Å². The van der Waals surface area contributed by atoms with E-state index in [1.54, 1.807) is 4.90 Å². The van der Waals surface area contributed by atoms with E-state index in [1.165, 1.54) is 13.2 Å². The first kappa shape index (κ1) is 21.4. The number of carbonyl (C=O) groups excluding carboxylic acids is 2. The highest BCUT2D eigenvalue weighted by Crippen LogP contribution is 2.36. The Kier molecular flexibility index (Phi) is 7.02. The molecular formula is C18H25F2NO5S. The third kappa shape index (κ3) is 6.05. The Labute approximate surface area is 161 Å². The third-order valence-corrected chi connectivity index (χ3v) is 5.15. The topological polar surface area (TPSA) is 65.1 Å². The highest BCUT2D eigenvalue weighted by molar-refractivity contribution is 7.14. The lowest BCUT2D eigenvalue weighted by Gasteiger charge is -2.33. The number of carbonyl (C=O) groups is 2. The van der Waals surface area contributed by atoms with Crippen molar-refractivity contribution in [2.75, 3.05) is 26.8 Å². The molecule has 0 radical (unpaired) electrons. The molecule has 1 fully saturated rings. The number of thiophene rings is 1. The molecule has 2 heterocycles. The van der Waals surface area contributed by atoms with Crippen LogP contribution in [0.5, 0.6) is 5.75 Å². The van der Waals surface area contributed by atoms with Gasteiger partial charge in [-0.05, 0) is 39.5 Å². The van der Waals surface area contributed by atoms with Crippen LogP contribution < -0.4 is 4.74 Å². The minimum atomic E-state index is -2.67. The Hall–Kier alpha value is -1.90. The van der Waals surface area contributed by atoms with E-state index in [1.807, 2.05) is 20.8 Å². The fraction of sp³-hybridized carbons (Fsp3) is 0.667. The van der Waals surface area contributed by atoms with Crippen LogP contribution in [0.3, 0.4) is 0 Å². The van der Waals surface area contributed by atoms with Crippen molar-refractivity contribution in [3.63, 3.8) is 0 Å². The summed E-state index contributed by atoms with van der Waals surface area (Å²) in [7, 11) is 1.19. The SMILES string of the molecule is COC(=O)c1sc(C(F)F)cc1OCC1CCN(C(=O)OC(C)(C)C)CC1. The van der Waals surface area contributed by atoms with Crippen molar-refractivity contribution in [1.29, 1.82) is 0 Å². The molecule has 0 saturated carbocycles.